The zero-order valence-corrected chi connectivity index (χ0v) is 12.3. The van der Waals surface area contributed by atoms with Crippen molar-refractivity contribution in [1.29, 1.82) is 0 Å². The van der Waals surface area contributed by atoms with Gasteiger partial charge in [0.2, 0.25) is 0 Å². The van der Waals surface area contributed by atoms with Gasteiger partial charge in [-0.05, 0) is 26.3 Å². The van der Waals surface area contributed by atoms with Gasteiger partial charge in [0, 0.05) is 19.3 Å². The molecule has 0 fully saturated rings. The fraction of sp³-hybridized carbons (Fsp3) is 0.571. The molecule has 0 atom stereocenters. The number of anilines is 1. The third kappa shape index (κ3) is 3.84. The summed E-state index contributed by atoms with van der Waals surface area (Å²) in [6.45, 7) is 6.96. The van der Waals surface area contributed by atoms with Crippen molar-refractivity contribution in [3.05, 3.63) is 23.0 Å². The summed E-state index contributed by atoms with van der Waals surface area (Å²) in [6.07, 6.45) is 3.52. The van der Waals surface area contributed by atoms with Crippen molar-refractivity contribution in [1.82, 2.24) is 4.98 Å². The number of rotatable bonds is 6. The van der Waals surface area contributed by atoms with E-state index in [9.17, 15) is 0 Å². The van der Waals surface area contributed by atoms with Crippen molar-refractivity contribution in [2.24, 2.45) is 10.9 Å². The van der Waals surface area contributed by atoms with Crippen LogP contribution in [0.3, 0.4) is 0 Å². The van der Waals surface area contributed by atoms with Crippen LogP contribution in [-0.2, 0) is 0 Å². The standard InChI is InChI=1S/C14H24N4O/c1-5-6-7-8-18(4)12-9-10(2)16-11(3)13(12)14(15)17-19/h9,19H,5-8H2,1-4H3,(H2,15,17). The Morgan fingerprint density at radius 1 is 1.42 bits per heavy atom. The minimum absolute atomic E-state index is 0.113. The SMILES string of the molecule is CCCCCN(C)c1cc(C)nc(C)c1/C(N)=N/O. The van der Waals surface area contributed by atoms with Crippen LogP contribution >= 0.6 is 0 Å². The third-order valence-corrected chi connectivity index (χ3v) is 3.18. The number of hydrogen-bond acceptors (Lipinski definition) is 4. The summed E-state index contributed by atoms with van der Waals surface area (Å²) in [7, 11) is 2.03. The highest BCUT2D eigenvalue weighted by Gasteiger charge is 2.15. The number of unbranched alkanes of at least 4 members (excludes halogenated alkanes) is 2. The average molecular weight is 264 g/mol. The molecule has 0 radical (unpaired) electrons. The van der Waals surface area contributed by atoms with E-state index in [1.807, 2.05) is 27.0 Å². The maximum atomic E-state index is 8.92. The van der Waals surface area contributed by atoms with Gasteiger partial charge in [-0.3, -0.25) is 4.98 Å². The Morgan fingerprint density at radius 2 is 2.11 bits per heavy atom. The molecular formula is C14H24N4O. The molecule has 1 aromatic rings. The lowest BCUT2D eigenvalue weighted by Crippen LogP contribution is -2.25. The van der Waals surface area contributed by atoms with Gasteiger partial charge in [-0.2, -0.15) is 0 Å². The molecule has 0 amide bonds. The first-order valence-corrected chi connectivity index (χ1v) is 6.68. The van der Waals surface area contributed by atoms with Crippen LogP contribution in [0, 0.1) is 13.8 Å². The first-order chi connectivity index (χ1) is 9.01. The average Bonchev–Trinajstić information content (AvgIpc) is 2.37. The number of amidine groups is 1. The molecule has 1 heterocycles. The predicted molar refractivity (Wildman–Crippen MR) is 79.0 cm³/mol. The summed E-state index contributed by atoms with van der Waals surface area (Å²) in [6, 6.07) is 1.98. The van der Waals surface area contributed by atoms with Crippen LogP contribution in [0.2, 0.25) is 0 Å². The number of pyridine rings is 1. The second kappa shape index (κ2) is 6.97. The Morgan fingerprint density at radius 3 is 2.68 bits per heavy atom. The minimum Gasteiger partial charge on any atom is -0.409 e. The number of oxime groups is 1. The number of nitrogens with two attached hydrogens (primary N) is 1. The van der Waals surface area contributed by atoms with E-state index in [1.54, 1.807) is 0 Å². The second-order valence-electron chi connectivity index (χ2n) is 4.86. The molecule has 0 saturated carbocycles. The van der Waals surface area contributed by atoms with Gasteiger partial charge in [0.15, 0.2) is 5.84 Å². The molecule has 0 bridgehead atoms. The fourth-order valence-electron chi connectivity index (χ4n) is 2.20. The Kier molecular flexibility index (Phi) is 5.60. The van der Waals surface area contributed by atoms with Crippen LogP contribution in [0.25, 0.3) is 0 Å². The van der Waals surface area contributed by atoms with E-state index < -0.39 is 0 Å². The van der Waals surface area contributed by atoms with Gasteiger partial charge in [0.1, 0.15) is 0 Å². The summed E-state index contributed by atoms with van der Waals surface area (Å²) >= 11 is 0. The van der Waals surface area contributed by atoms with Crippen molar-refractivity contribution in [2.75, 3.05) is 18.5 Å². The Bertz CT molecular complexity index is 457. The van der Waals surface area contributed by atoms with Crippen LogP contribution in [-0.4, -0.2) is 29.6 Å². The smallest absolute Gasteiger partial charge is 0.174 e. The first-order valence-electron chi connectivity index (χ1n) is 6.68. The molecule has 106 valence electrons. The van der Waals surface area contributed by atoms with Crippen LogP contribution in [0.15, 0.2) is 11.2 Å². The molecule has 3 N–H and O–H groups in total. The zero-order valence-electron chi connectivity index (χ0n) is 12.3. The molecule has 0 aliphatic carbocycles. The maximum Gasteiger partial charge on any atom is 0.174 e. The molecule has 0 aliphatic rings. The van der Waals surface area contributed by atoms with Crippen LogP contribution in [0.4, 0.5) is 5.69 Å². The van der Waals surface area contributed by atoms with Crippen molar-refractivity contribution in [3.63, 3.8) is 0 Å². The third-order valence-electron chi connectivity index (χ3n) is 3.18. The van der Waals surface area contributed by atoms with Gasteiger partial charge < -0.3 is 15.8 Å². The first kappa shape index (κ1) is 15.3. The number of aryl methyl sites for hydroxylation is 2. The van der Waals surface area contributed by atoms with Gasteiger partial charge in [0.05, 0.1) is 16.9 Å². The topological polar surface area (TPSA) is 74.7 Å². The van der Waals surface area contributed by atoms with Crippen molar-refractivity contribution in [3.8, 4) is 0 Å². The zero-order chi connectivity index (χ0) is 14.4. The summed E-state index contributed by atoms with van der Waals surface area (Å²) < 4.78 is 0. The van der Waals surface area contributed by atoms with Gasteiger partial charge in [-0.25, -0.2) is 0 Å². The summed E-state index contributed by atoms with van der Waals surface area (Å²) in [5.74, 6) is 0.113. The Balaban J connectivity index is 3.10. The van der Waals surface area contributed by atoms with Gasteiger partial charge >= 0.3 is 0 Å². The minimum atomic E-state index is 0.113. The lowest BCUT2D eigenvalue weighted by molar-refractivity contribution is 0.318. The highest BCUT2D eigenvalue weighted by Crippen LogP contribution is 2.23. The van der Waals surface area contributed by atoms with Crippen molar-refractivity contribution >= 4 is 11.5 Å². The Hall–Kier alpha value is -1.78. The lowest BCUT2D eigenvalue weighted by atomic mass is 10.1. The van der Waals surface area contributed by atoms with Crippen LogP contribution in [0.5, 0.6) is 0 Å². The molecule has 19 heavy (non-hydrogen) atoms. The molecule has 0 spiro atoms. The molecular weight excluding hydrogens is 240 g/mol. The van der Waals surface area contributed by atoms with E-state index in [1.165, 1.54) is 12.8 Å². The molecule has 5 heteroatoms. The Labute approximate surface area is 115 Å². The second-order valence-corrected chi connectivity index (χ2v) is 4.86. The quantitative estimate of drug-likeness (QED) is 0.272. The lowest BCUT2D eigenvalue weighted by Gasteiger charge is -2.23. The predicted octanol–water partition coefficient (Wildman–Crippen LogP) is 2.42. The van der Waals surface area contributed by atoms with Crippen molar-refractivity contribution in [2.45, 2.75) is 40.0 Å². The largest absolute Gasteiger partial charge is 0.409 e. The molecule has 0 saturated heterocycles. The van der Waals surface area contributed by atoms with E-state index >= 15 is 0 Å². The van der Waals surface area contributed by atoms with Gasteiger partial charge in [0.25, 0.3) is 0 Å². The van der Waals surface area contributed by atoms with E-state index in [2.05, 4.69) is 22.0 Å². The monoisotopic (exact) mass is 264 g/mol. The van der Waals surface area contributed by atoms with Crippen LogP contribution in [0.1, 0.15) is 43.1 Å². The number of aromatic nitrogens is 1. The van der Waals surface area contributed by atoms with E-state index in [-0.39, 0.29) is 5.84 Å². The van der Waals surface area contributed by atoms with E-state index in [4.69, 9.17) is 10.9 Å². The molecule has 1 rings (SSSR count). The summed E-state index contributed by atoms with van der Waals surface area (Å²) in [5.41, 5.74) is 9.18. The van der Waals surface area contributed by atoms with Gasteiger partial charge in [-0.15, -0.1) is 0 Å². The van der Waals surface area contributed by atoms with Crippen LogP contribution < -0.4 is 10.6 Å². The summed E-state index contributed by atoms with van der Waals surface area (Å²) in [4.78, 5) is 6.53. The van der Waals surface area contributed by atoms with Gasteiger partial charge in [-0.1, -0.05) is 24.9 Å². The molecule has 0 aromatic carbocycles. The molecule has 0 unspecified atom stereocenters. The highest BCUT2D eigenvalue weighted by atomic mass is 16.4. The molecule has 1 aromatic heterocycles. The molecule has 0 aliphatic heterocycles. The number of hydrogen-bond donors (Lipinski definition) is 2. The summed E-state index contributed by atoms with van der Waals surface area (Å²) in [5, 5.41) is 12.0. The van der Waals surface area contributed by atoms with Crippen molar-refractivity contribution < 1.29 is 5.21 Å². The molecule has 5 nitrogen and oxygen atoms in total. The number of nitrogens with zero attached hydrogens (tertiary/aromatic N) is 3. The van der Waals surface area contributed by atoms with E-state index in [0.717, 1.165) is 30.0 Å². The maximum absolute atomic E-state index is 8.92. The normalized spacial score (nSPS) is 11.7. The highest BCUT2D eigenvalue weighted by molar-refractivity contribution is 6.03. The van der Waals surface area contributed by atoms with E-state index in [0.29, 0.717) is 5.56 Å². The fourth-order valence-corrected chi connectivity index (χ4v) is 2.20.